The average molecular weight is 353 g/mol. The summed E-state index contributed by atoms with van der Waals surface area (Å²) in [5.41, 5.74) is 5.16. The molecule has 0 amide bonds. The second-order valence-corrected chi connectivity index (χ2v) is 7.09. The summed E-state index contributed by atoms with van der Waals surface area (Å²) < 4.78 is 0. The van der Waals surface area contributed by atoms with Gasteiger partial charge in [0.05, 0.1) is 23.0 Å². The molecule has 3 aromatic carbocycles. The maximum atomic E-state index is 12.4. The van der Waals surface area contributed by atoms with Gasteiger partial charge in [-0.1, -0.05) is 60.7 Å². The number of nitrogens with zero attached hydrogens (tertiary/aromatic N) is 1. The van der Waals surface area contributed by atoms with E-state index >= 15 is 0 Å². The van der Waals surface area contributed by atoms with E-state index in [9.17, 15) is 4.79 Å². The summed E-state index contributed by atoms with van der Waals surface area (Å²) in [6.45, 7) is 2.01. The van der Waals surface area contributed by atoms with Crippen molar-refractivity contribution in [1.29, 1.82) is 0 Å². The Morgan fingerprint density at radius 2 is 1.56 bits per heavy atom. The Bertz CT molecular complexity index is 1180. The lowest BCUT2D eigenvalue weighted by Crippen LogP contribution is -2.28. The number of nitrogens with one attached hydrogen (secondary N) is 2. The maximum Gasteiger partial charge on any atom is 0.272 e. The molecule has 4 heteroatoms. The van der Waals surface area contributed by atoms with Gasteiger partial charge in [0.15, 0.2) is 0 Å². The van der Waals surface area contributed by atoms with Gasteiger partial charge < -0.3 is 5.32 Å². The molecule has 1 aromatic heterocycles. The minimum Gasteiger partial charge on any atom is -0.377 e. The molecule has 0 spiro atoms. The molecular weight excluding hydrogens is 334 g/mol. The van der Waals surface area contributed by atoms with Crippen LogP contribution >= 0.6 is 0 Å². The third kappa shape index (κ3) is 2.53. The minimum absolute atomic E-state index is 0.00292. The molecule has 2 N–H and O–H groups in total. The fourth-order valence-corrected chi connectivity index (χ4v) is 4.16. The zero-order valence-corrected chi connectivity index (χ0v) is 14.9. The van der Waals surface area contributed by atoms with Gasteiger partial charge in [-0.25, -0.2) is 5.10 Å². The summed E-state index contributed by atoms with van der Waals surface area (Å²) in [4.78, 5) is 12.4. The lowest BCUT2D eigenvalue weighted by Gasteiger charge is -2.35. The first kappa shape index (κ1) is 15.8. The molecule has 5 rings (SSSR count). The Labute approximate surface area is 156 Å². The third-order valence-electron chi connectivity index (χ3n) is 5.32. The van der Waals surface area contributed by atoms with E-state index in [0.29, 0.717) is 5.39 Å². The van der Waals surface area contributed by atoms with E-state index < -0.39 is 0 Å². The van der Waals surface area contributed by atoms with Crippen molar-refractivity contribution in [3.63, 3.8) is 0 Å². The van der Waals surface area contributed by atoms with E-state index in [0.717, 1.165) is 22.3 Å². The van der Waals surface area contributed by atoms with E-state index in [1.165, 1.54) is 11.1 Å². The topological polar surface area (TPSA) is 57.8 Å². The Balaban J connectivity index is 1.83. The smallest absolute Gasteiger partial charge is 0.272 e. The fourth-order valence-electron chi connectivity index (χ4n) is 4.16. The van der Waals surface area contributed by atoms with Gasteiger partial charge in [0.1, 0.15) is 0 Å². The average Bonchev–Trinajstić information content (AvgIpc) is 2.71. The molecule has 4 nitrogen and oxygen atoms in total. The summed E-state index contributed by atoms with van der Waals surface area (Å²) in [6, 6.07) is 24.8. The molecule has 0 saturated carbocycles. The number of aromatic nitrogens is 2. The van der Waals surface area contributed by atoms with Crippen molar-refractivity contribution in [1.82, 2.24) is 10.2 Å². The molecular formula is C23H19N3O. The first-order chi connectivity index (χ1) is 13.2. The van der Waals surface area contributed by atoms with Gasteiger partial charge in [-0.15, -0.1) is 0 Å². The number of hydrogen-bond acceptors (Lipinski definition) is 3. The number of benzene rings is 3. The van der Waals surface area contributed by atoms with Gasteiger partial charge in [-0.3, -0.25) is 4.79 Å². The molecule has 2 heterocycles. The number of hydrogen-bond donors (Lipinski definition) is 2. The van der Waals surface area contributed by atoms with E-state index in [1.54, 1.807) is 0 Å². The summed E-state index contributed by atoms with van der Waals surface area (Å²) in [5, 5.41) is 12.6. The standard InChI is InChI=1S/C23H19N3O/c1-14-12-17-20-18(13-14)24-21(16-10-6-3-7-11-16)19(15-8-4-2-5-9-15)22(20)25-26-23(17)27/h2-13,19,21,24H,1H3,(H,26,27). The Hall–Kier alpha value is -3.40. The summed E-state index contributed by atoms with van der Waals surface area (Å²) >= 11 is 0. The van der Waals surface area contributed by atoms with Crippen LogP contribution in [0.25, 0.3) is 10.8 Å². The molecule has 2 atom stereocenters. The first-order valence-electron chi connectivity index (χ1n) is 9.12. The summed E-state index contributed by atoms with van der Waals surface area (Å²) in [5.74, 6) is 0.00292. The molecule has 132 valence electrons. The maximum absolute atomic E-state index is 12.4. The molecule has 27 heavy (non-hydrogen) atoms. The SMILES string of the molecule is Cc1cc2c3c(n[nH]c(=O)c3c1)C(c1ccccc1)C(c1ccccc1)N2. The minimum atomic E-state index is -0.148. The number of anilines is 1. The quantitative estimate of drug-likeness (QED) is 0.557. The molecule has 4 aromatic rings. The highest BCUT2D eigenvalue weighted by atomic mass is 16.1. The van der Waals surface area contributed by atoms with Crippen molar-refractivity contribution in [3.05, 3.63) is 106 Å². The summed E-state index contributed by atoms with van der Waals surface area (Å²) in [7, 11) is 0. The molecule has 0 bridgehead atoms. The Morgan fingerprint density at radius 1 is 0.889 bits per heavy atom. The highest BCUT2D eigenvalue weighted by molar-refractivity contribution is 5.98. The monoisotopic (exact) mass is 353 g/mol. The van der Waals surface area contributed by atoms with Crippen LogP contribution in [-0.4, -0.2) is 10.2 Å². The molecule has 0 radical (unpaired) electrons. The van der Waals surface area contributed by atoms with Gasteiger partial charge in [0.2, 0.25) is 0 Å². The predicted octanol–water partition coefficient (Wildman–Crippen LogP) is 4.53. The second kappa shape index (κ2) is 6.09. The van der Waals surface area contributed by atoms with E-state index in [-0.39, 0.29) is 17.5 Å². The van der Waals surface area contributed by atoms with Crippen LogP contribution in [0.5, 0.6) is 0 Å². The van der Waals surface area contributed by atoms with Crippen LogP contribution in [0.1, 0.15) is 34.3 Å². The lowest BCUT2D eigenvalue weighted by molar-refractivity contribution is 0.638. The van der Waals surface area contributed by atoms with Crippen molar-refractivity contribution in [3.8, 4) is 0 Å². The highest BCUT2D eigenvalue weighted by Crippen LogP contribution is 2.46. The normalized spacial score (nSPS) is 18.3. The van der Waals surface area contributed by atoms with Crippen molar-refractivity contribution >= 4 is 16.5 Å². The highest BCUT2D eigenvalue weighted by Gasteiger charge is 2.34. The van der Waals surface area contributed by atoms with E-state index in [1.807, 2.05) is 37.3 Å². The van der Waals surface area contributed by atoms with Crippen LogP contribution < -0.4 is 10.9 Å². The fraction of sp³-hybridized carbons (Fsp3) is 0.130. The number of aryl methyl sites for hydroxylation is 1. The molecule has 0 saturated heterocycles. The zero-order chi connectivity index (χ0) is 18.4. The van der Waals surface area contributed by atoms with Crippen molar-refractivity contribution in [2.45, 2.75) is 18.9 Å². The second-order valence-electron chi connectivity index (χ2n) is 7.09. The number of rotatable bonds is 2. The van der Waals surface area contributed by atoms with Gasteiger partial charge in [0.25, 0.3) is 5.56 Å². The van der Waals surface area contributed by atoms with Crippen LogP contribution in [0.4, 0.5) is 5.69 Å². The summed E-state index contributed by atoms with van der Waals surface area (Å²) in [6.07, 6.45) is 0. The molecule has 0 aliphatic carbocycles. The van der Waals surface area contributed by atoms with Crippen LogP contribution in [0.2, 0.25) is 0 Å². The van der Waals surface area contributed by atoms with E-state index in [4.69, 9.17) is 0 Å². The zero-order valence-electron chi connectivity index (χ0n) is 14.9. The van der Waals surface area contributed by atoms with Crippen molar-refractivity contribution < 1.29 is 0 Å². The van der Waals surface area contributed by atoms with Crippen LogP contribution in [-0.2, 0) is 0 Å². The Kier molecular flexibility index (Phi) is 3.57. The van der Waals surface area contributed by atoms with Crippen LogP contribution in [0.15, 0.2) is 77.6 Å². The predicted molar refractivity (Wildman–Crippen MR) is 108 cm³/mol. The van der Waals surface area contributed by atoms with Crippen molar-refractivity contribution in [2.24, 2.45) is 0 Å². The first-order valence-corrected chi connectivity index (χ1v) is 9.12. The van der Waals surface area contributed by atoms with Gasteiger partial charge in [-0.2, -0.15) is 5.10 Å². The van der Waals surface area contributed by atoms with Gasteiger partial charge >= 0.3 is 0 Å². The van der Waals surface area contributed by atoms with Gasteiger partial charge in [0, 0.05) is 11.1 Å². The number of H-pyrrole nitrogens is 1. The van der Waals surface area contributed by atoms with Crippen LogP contribution in [0.3, 0.4) is 0 Å². The van der Waals surface area contributed by atoms with Gasteiger partial charge in [-0.05, 0) is 35.7 Å². The molecule has 1 aliphatic rings. The van der Waals surface area contributed by atoms with E-state index in [2.05, 4.69) is 58.0 Å². The molecule has 0 fully saturated rings. The van der Waals surface area contributed by atoms with Crippen LogP contribution in [0, 0.1) is 6.92 Å². The third-order valence-corrected chi connectivity index (χ3v) is 5.32. The largest absolute Gasteiger partial charge is 0.377 e. The number of aromatic amines is 1. The Morgan fingerprint density at radius 3 is 2.26 bits per heavy atom. The molecule has 1 aliphatic heterocycles. The van der Waals surface area contributed by atoms with Crippen molar-refractivity contribution in [2.75, 3.05) is 5.32 Å². The molecule has 2 unspecified atom stereocenters. The lowest BCUT2D eigenvalue weighted by atomic mass is 9.80.